The summed E-state index contributed by atoms with van der Waals surface area (Å²) >= 11 is 7.50. The Morgan fingerprint density at radius 3 is 2.70 bits per heavy atom. The Kier molecular flexibility index (Phi) is 6.11. The molecular formula is C26H19ClN2O3S. The van der Waals surface area contributed by atoms with E-state index in [-0.39, 0.29) is 18.3 Å². The number of carbonyl (C=O) groups is 1. The highest BCUT2D eigenvalue weighted by Gasteiger charge is 2.22. The van der Waals surface area contributed by atoms with Crippen LogP contribution in [0.25, 0.3) is 11.0 Å². The number of thiazole rings is 1. The fourth-order valence-electron chi connectivity index (χ4n) is 3.55. The molecule has 164 valence electrons. The fourth-order valence-corrected chi connectivity index (χ4v) is 4.60. The van der Waals surface area contributed by atoms with Gasteiger partial charge in [-0.15, -0.1) is 11.3 Å². The smallest absolute Gasteiger partial charge is 0.293 e. The third kappa shape index (κ3) is 4.92. The number of hydrogen-bond acceptors (Lipinski definition) is 5. The maximum absolute atomic E-state index is 13.1. The Hall–Kier alpha value is -3.61. The van der Waals surface area contributed by atoms with Crippen LogP contribution in [-0.2, 0) is 13.0 Å². The molecule has 3 aromatic carbocycles. The molecular weight excluding hydrogens is 456 g/mol. The van der Waals surface area contributed by atoms with Gasteiger partial charge in [0.05, 0.1) is 0 Å². The quantitative estimate of drug-likeness (QED) is 0.277. The highest BCUT2D eigenvalue weighted by molar-refractivity contribution is 7.15. The number of fused-ring (bicyclic) bond motifs is 1. The molecule has 7 heteroatoms. The van der Waals surface area contributed by atoms with Crippen molar-refractivity contribution in [1.29, 1.82) is 0 Å². The molecule has 33 heavy (non-hydrogen) atoms. The maximum Gasteiger partial charge on any atom is 0.293 e. The van der Waals surface area contributed by atoms with E-state index >= 15 is 0 Å². The van der Waals surface area contributed by atoms with Crippen LogP contribution in [0, 0.1) is 0 Å². The average Bonchev–Trinajstić information content (AvgIpc) is 3.42. The molecule has 1 amide bonds. The zero-order valence-electron chi connectivity index (χ0n) is 17.5. The number of rotatable bonds is 7. The number of anilines is 1. The molecule has 0 saturated carbocycles. The SMILES string of the molecule is O=C(Nc1ncc(Cc2cccc(Cl)c2)s1)c1oc2ccccc2c1COc1ccccc1. The van der Waals surface area contributed by atoms with Crippen molar-refractivity contribution in [2.45, 2.75) is 13.0 Å². The van der Waals surface area contributed by atoms with Gasteiger partial charge in [0, 0.05) is 33.5 Å². The van der Waals surface area contributed by atoms with E-state index in [1.54, 1.807) is 6.20 Å². The van der Waals surface area contributed by atoms with Crippen LogP contribution >= 0.6 is 22.9 Å². The zero-order chi connectivity index (χ0) is 22.6. The Balaban J connectivity index is 1.35. The molecule has 0 aliphatic heterocycles. The fraction of sp³-hybridized carbons (Fsp3) is 0.0769. The molecule has 1 N–H and O–H groups in total. The molecule has 0 fully saturated rings. The van der Waals surface area contributed by atoms with Crippen LogP contribution in [0.2, 0.25) is 5.02 Å². The number of carbonyl (C=O) groups excluding carboxylic acids is 1. The maximum atomic E-state index is 13.1. The minimum atomic E-state index is -0.360. The normalized spacial score (nSPS) is 10.9. The molecule has 0 bridgehead atoms. The predicted molar refractivity (Wildman–Crippen MR) is 131 cm³/mol. The van der Waals surface area contributed by atoms with Crippen molar-refractivity contribution in [1.82, 2.24) is 4.98 Å². The molecule has 0 saturated heterocycles. The van der Waals surface area contributed by atoms with Crippen LogP contribution in [0.15, 0.2) is 89.5 Å². The topological polar surface area (TPSA) is 64.4 Å². The van der Waals surface area contributed by atoms with Crippen molar-refractivity contribution in [2.24, 2.45) is 0 Å². The van der Waals surface area contributed by atoms with Crippen LogP contribution in [0.1, 0.15) is 26.6 Å². The molecule has 5 aromatic rings. The van der Waals surface area contributed by atoms with Gasteiger partial charge in [-0.1, -0.05) is 60.1 Å². The second kappa shape index (κ2) is 9.48. The Morgan fingerprint density at radius 1 is 1.03 bits per heavy atom. The molecule has 0 unspecified atom stereocenters. The third-order valence-corrected chi connectivity index (χ3v) is 6.22. The summed E-state index contributed by atoms with van der Waals surface area (Å²) in [7, 11) is 0. The van der Waals surface area contributed by atoms with Gasteiger partial charge < -0.3 is 9.15 Å². The molecule has 0 atom stereocenters. The van der Waals surface area contributed by atoms with E-state index < -0.39 is 0 Å². The highest BCUT2D eigenvalue weighted by atomic mass is 35.5. The number of benzene rings is 3. The summed E-state index contributed by atoms with van der Waals surface area (Å²) in [5, 5.41) is 4.92. The lowest BCUT2D eigenvalue weighted by Crippen LogP contribution is -2.13. The largest absolute Gasteiger partial charge is 0.489 e. The number of aromatic nitrogens is 1. The van der Waals surface area contributed by atoms with E-state index in [0.29, 0.717) is 27.7 Å². The van der Waals surface area contributed by atoms with Gasteiger partial charge in [-0.2, -0.15) is 0 Å². The van der Waals surface area contributed by atoms with Gasteiger partial charge in [-0.05, 0) is 35.9 Å². The van der Waals surface area contributed by atoms with Crippen LogP contribution in [0.5, 0.6) is 5.75 Å². The first-order valence-corrected chi connectivity index (χ1v) is 11.5. The number of nitrogens with zero attached hydrogens (tertiary/aromatic N) is 1. The number of hydrogen-bond donors (Lipinski definition) is 1. The van der Waals surface area contributed by atoms with E-state index in [1.165, 1.54) is 11.3 Å². The summed E-state index contributed by atoms with van der Waals surface area (Å²) < 4.78 is 11.8. The van der Waals surface area contributed by atoms with Gasteiger partial charge in [0.25, 0.3) is 5.91 Å². The predicted octanol–water partition coefficient (Wildman–Crippen LogP) is 6.96. The van der Waals surface area contributed by atoms with E-state index in [2.05, 4.69) is 10.3 Å². The first-order valence-electron chi connectivity index (χ1n) is 10.3. The van der Waals surface area contributed by atoms with Crippen molar-refractivity contribution < 1.29 is 13.9 Å². The molecule has 0 aliphatic rings. The first kappa shape index (κ1) is 21.2. The first-order chi connectivity index (χ1) is 16.2. The van der Waals surface area contributed by atoms with Crippen LogP contribution in [-0.4, -0.2) is 10.9 Å². The van der Waals surface area contributed by atoms with Gasteiger partial charge in [0.2, 0.25) is 0 Å². The van der Waals surface area contributed by atoms with Crippen molar-refractivity contribution >= 4 is 44.9 Å². The molecule has 0 aliphatic carbocycles. The van der Waals surface area contributed by atoms with Gasteiger partial charge in [-0.3, -0.25) is 10.1 Å². The number of ether oxygens (including phenoxy) is 1. The lowest BCUT2D eigenvalue weighted by Gasteiger charge is -2.07. The molecule has 2 aromatic heterocycles. The lowest BCUT2D eigenvalue weighted by molar-refractivity contribution is 0.0995. The molecule has 5 nitrogen and oxygen atoms in total. The molecule has 0 radical (unpaired) electrons. The number of amides is 1. The van der Waals surface area contributed by atoms with E-state index in [0.717, 1.165) is 21.6 Å². The van der Waals surface area contributed by atoms with E-state index in [4.69, 9.17) is 20.8 Å². The standard InChI is InChI=1S/C26H19ClN2O3S/c27-18-8-6-7-17(13-18)14-20-15-28-26(33-20)29-25(30)24-22(16-31-19-9-2-1-3-10-19)21-11-4-5-12-23(21)32-24/h1-13,15H,14,16H2,(H,28,29,30). The molecule has 0 spiro atoms. The van der Waals surface area contributed by atoms with Crippen molar-refractivity contribution in [3.8, 4) is 5.75 Å². The monoisotopic (exact) mass is 474 g/mol. The second-order valence-corrected chi connectivity index (χ2v) is 8.95. The van der Waals surface area contributed by atoms with Crippen LogP contribution in [0.3, 0.4) is 0 Å². The Morgan fingerprint density at radius 2 is 1.85 bits per heavy atom. The summed E-state index contributed by atoms with van der Waals surface area (Å²) in [4.78, 5) is 18.5. The average molecular weight is 475 g/mol. The summed E-state index contributed by atoms with van der Waals surface area (Å²) in [6.07, 6.45) is 2.45. The van der Waals surface area contributed by atoms with Gasteiger partial charge in [0.1, 0.15) is 17.9 Å². The highest BCUT2D eigenvalue weighted by Crippen LogP contribution is 2.29. The summed E-state index contributed by atoms with van der Waals surface area (Å²) in [6, 6.07) is 24.7. The summed E-state index contributed by atoms with van der Waals surface area (Å²) in [5.41, 5.74) is 2.42. The number of para-hydroxylation sites is 2. The van der Waals surface area contributed by atoms with Gasteiger partial charge >= 0.3 is 0 Å². The zero-order valence-corrected chi connectivity index (χ0v) is 19.0. The number of nitrogens with one attached hydrogen (secondary N) is 1. The van der Waals surface area contributed by atoms with E-state index in [1.807, 2.05) is 78.9 Å². The second-order valence-electron chi connectivity index (χ2n) is 7.40. The van der Waals surface area contributed by atoms with Crippen LogP contribution < -0.4 is 10.1 Å². The number of furan rings is 1. The minimum absolute atomic E-state index is 0.210. The van der Waals surface area contributed by atoms with Crippen LogP contribution in [0.4, 0.5) is 5.13 Å². The van der Waals surface area contributed by atoms with E-state index in [9.17, 15) is 4.79 Å². The van der Waals surface area contributed by atoms with Gasteiger partial charge in [0.15, 0.2) is 10.9 Å². The Bertz CT molecular complexity index is 1410. The molecule has 2 heterocycles. The van der Waals surface area contributed by atoms with Crippen molar-refractivity contribution in [2.75, 3.05) is 5.32 Å². The lowest BCUT2D eigenvalue weighted by atomic mass is 10.1. The number of halogens is 1. The summed E-state index contributed by atoms with van der Waals surface area (Å²) in [6.45, 7) is 0.210. The van der Waals surface area contributed by atoms with Crippen molar-refractivity contribution in [3.63, 3.8) is 0 Å². The third-order valence-electron chi connectivity index (χ3n) is 5.07. The van der Waals surface area contributed by atoms with Gasteiger partial charge in [-0.25, -0.2) is 4.98 Å². The van der Waals surface area contributed by atoms with Crippen molar-refractivity contribution in [3.05, 3.63) is 112 Å². The molecule has 5 rings (SSSR count). The minimum Gasteiger partial charge on any atom is -0.489 e. The Labute approximate surface area is 199 Å². The summed E-state index contributed by atoms with van der Waals surface area (Å²) in [5.74, 6) is 0.583.